The molecule has 0 aliphatic carbocycles. The summed E-state index contributed by atoms with van der Waals surface area (Å²) in [7, 11) is 0.920. The fraction of sp³-hybridized carbons (Fsp3) is 0.350. The number of rotatable bonds is 10. The van der Waals surface area contributed by atoms with Crippen LogP contribution < -0.4 is 14.8 Å². The van der Waals surface area contributed by atoms with Crippen LogP contribution in [-0.4, -0.2) is 53.0 Å². The maximum Gasteiger partial charge on any atom is 0.242 e. The number of benzene rings is 2. The minimum atomic E-state index is -3.55. The van der Waals surface area contributed by atoms with Crippen molar-refractivity contribution in [3.05, 3.63) is 54.1 Å². The molecule has 152 valence electrons. The zero-order valence-corrected chi connectivity index (χ0v) is 17.2. The summed E-state index contributed by atoms with van der Waals surface area (Å²) in [4.78, 5) is 12.3. The second-order valence-electron chi connectivity index (χ2n) is 6.27. The standard InChI is InChI=1S/C20H26N2O5S/c1-22(2)28(24,25)18-10-11-19(26-3)16(15-18)9-12-20(23)21-13-14-27-17-7-5-4-6-8-17/h4-8,10-11,15H,9,12-14H2,1-3H3,(H,21,23). The molecule has 28 heavy (non-hydrogen) atoms. The Morgan fingerprint density at radius 2 is 1.82 bits per heavy atom. The third kappa shape index (κ3) is 5.97. The van der Waals surface area contributed by atoms with E-state index in [0.29, 0.717) is 30.9 Å². The Bertz CT molecular complexity index is 883. The monoisotopic (exact) mass is 406 g/mol. The topological polar surface area (TPSA) is 84.9 Å². The van der Waals surface area contributed by atoms with Gasteiger partial charge in [-0.25, -0.2) is 12.7 Å². The summed E-state index contributed by atoms with van der Waals surface area (Å²) in [6, 6.07) is 14.0. The van der Waals surface area contributed by atoms with Crippen LogP contribution in [0.3, 0.4) is 0 Å². The van der Waals surface area contributed by atoms with Crippen LogP contribution in [0.2, 0.25) is 0 Å². The first kappa shape index (κ1) is 21.7. The zero-order chi connectivity index (χ0) is 20.6. The lowest BCUT2D eigenvalue weighted by molar-refractivity contribution is -0.121. The lowest BCUT2D eigenvalue weighted by Crippen LogP contribution is -2.28. The Labute approximate surface area is 166 Å². The largest absolute Gasteiger partial charge is 0.496 e. The Hall–Kier alpha value is -2.58. The predicted octanol–water partition coefficient (Wildman–Crippen LogP) is 2.07. The summed E-state index contributed by atoms with van der Waals surface area (Å²) >= 11 is 0. The lowest BCUT2D eigenvalue weighted by Gasteiger charge is -2.14. The number of nitrogens with one attached hydrogen (secondary N) is 1. The third-order valence-corrected chi connectivity index (χ3v) is 5.90. The number of carbonyl (C=O) groups is 1. The van der Waals surface area contributed by atoms with Crippen LogP contribution in [0.4, 0.5) is 0 Å². The fourth-order valence-corrected chi connectivity index (χ4v) is 3.49. The normalized spacial score (nSPS) is 11.3. The molecule has 1 amide bonds. The van der Waals surface area contributed by atoms with Crippen molar-refractivity contribution in [3.63, 3.8) is 0 Å². The van der Waals surface area contributed by atoms with Crippen molar-refractivity contribution in [2.45, 2.75) is 17.7 Å². The molecule has 0 bridgehead atoms. The molecule has 0 aromatic heterocycles. The maximum absolute atomic E-state index is 12.3. The average molecular weight is 407 g/mol. The highest BCUT2D eigenvalue weighted by Gasteiger charge is 2.19. The Balaban J connectivity index is 1.89. The van der Waals surface area contributed by atoms with Gasteiger partial charge in [0, 0.05) is 20.5 Å². The zero-order valence-electron chi connectivity index (χ0n) is 16.3. The van der Waals surface area contributed by atoms with Gasteiger partial charge in [0.05, 0.1) is 18.6 Å². The number of hydrogen-bond acceptors (Lipinski definition) is 5. The minimum absolute atomic E-state index is 0.139. The van der Waals surface area contributed by atoms with E-state index in [9.17, 15) is 13.2 Å². The summed E-state index contributed by atoms with van der Waals surface area (Å²) in [5.74, 6) is 1.16. The molecule has 0 spiro atoms. The first-order chi connectivity index (χ1) is 13.3. The maximum atomic E-state index is 12.3. The molecule has 0 saturated carbocycles. The van der Waals surface area contributed by atoms with Crippen LogP contribution >= 0.6 is 0 Å². The molecule has 0 unspecified atom stereocenters. The summed E-state index contributed by atoms with van der Waals surface area (Å²) in [6.07, 6.45) is 0.582. The second kappa shape index (κ2) is 10.1. The van der Waals surface area contributed by atoms with Gasteiger partial charge < -0.3 is 14.8 Å². The lowest BCUT2D eigenvalue weighted by atomic mass is 10.1. The Morgan fingerprint density at radius 3 is 2.46 bits per heavy atom. The van der Waals surface area contributed by atoms with Crippen molar-refractivity contribution in [2.75, 3.05) is 34.4 Å². The molecule has 0 fully saturated rings. The molecule has 2 aromatic carbocycles. The average Bonchev–Trinajstić information content (AvgIpc) is 2.70. The second-order valence-corrected chi connectivity index (χ2v) is 8.42. The molecule has 7 nitrogen and oxygen atoms in total. The number of amides is 1. The highest BCUT2D eigenvalue weighted by molar-refractivity contribution is 7.89. The third-order valence-electron chi connectivity index (χ3n) is 4.09. The number of nitrogens with zero attached hydrogens (tertiary/aromatic N) is 1. The molecule has 8 heteroatoms. The van der Waals surface area contributed by atoms with Crippen LogP contribution in [0.5, 0.6) is 11.5 Å². The van der Waals surface area contributed by atoms with Gasteiger partial charge in [-0.1, -0.05) is 18.2 Å². The molecule has 0 atom stereocenters. The molecule has 2 aromatic rings. The van der Waals surface area contributed by atoms with Gasteiger partial charge in [0.15, 0.2) is 0 Å². The van der Waals surface area contributed by atoms with E-state index in [1.165, 1.54) is 27.3 Å². The first-order valence-electron chi connectivity index (χ1n) is 8.88. The van der Waals surface area contributed by atoms with Crippen molar-refractivity contribution in [1.82, 2.24) is 9.62 Å². The molecule has 0 radical (unpaired) electrons. The Kier molecular flexibility index (Phi) is 7.83. The number of ether oxygens (including phenoxy) is 2. The van der Waals surface area contributed by atoms with Gasteiger partial charge >= 0.3 is 0 Å². The Morgan fingerprint density at radius 1 is 1.11 bits per heavy atom. The van der Waals surface area contributed by atoms with Crippen molar-refractivity contribution < 1.29 is 22.7 Å². The molecule has 0 aliphatic heterocycles. The van der Waals surface area contributed by atoms with E-state index in [1.54, 1.807) is 12.1 Å². The smallest absolute Gasteiger partial charge is 0.242 e. The quantitative estimate of drug-likeness (QED) is 0.611. The SMILES string of the molecule is COc1ccc(S(=O)(=O)N(C)C)cc1CCC(=O)NCCOc1ccccc1. The fourth-order valence-electron chi connectivity index (χ4n) is 2.53. The van der Waals surface area contributed by atoms with Gasteiger partial charge in [-0.05, 0) is 42.3 Å². The van der Waals surface area contributed by atoms with Crippen LogP contribution in [0.1, 0.15) is 12.0 Å². The molecular formula is C20H26N2O5S. The van der Waals surface area contributed by atoms with Crippen molar-refractivity contribution in [3.8, 4) is 11.5 Å². The van der Waals surface area contributed by atoms with Gasteiger partial charge in [-0.3, -0.25) is 4.79 Å². The molecule has 0 heterocycles. The number of carbonyl (C=O) groups excluding carboxylic acids is 1. The number of hydrogen-bond donors (Lipinski definition) is 1. The van der Waals surface area contributed by atoms with E-state index in [0.717, 1.165) is 10.1 Å². The van der Waals surface area contributed by atoms with Crippen LogP contribution in [-0.2, 0) is 21.2 Å². The number of para-hydroxylation sites is 1. The highest BCUT2D eigenvalue weighted by Crippen LogP contribution is 2.25. The van der Waals surface area contributed by atoms with E-state index in [1.807, 2.05) is 30.3 Å². The van der Waals surface area contributed by atoms with Crippen LogP contribution in [0.25, 0.3) is 0 Å². The van der Waals surface area contributed by atoms with Gasteiger partial charge in [0.2, 0.25) is 15.9 Å². The molecular weight excluding hydrogens is 380 g/mol. The van der Waals surface area contributed by atoms with Gasteiger partial charge in [-0.15, -0.1) is 0 Å². The van der Waals surface area contributed by atoms with Gasteiger partial charge in [0.25, 0.3) is 0 Å². The highest BCUT2D eigenvalue weighted by atomic mass is 32.2. The predicted molar refractivity (Wildman–Crippen MR) is 107 cm³/mol. The molecule has 0 saturated heterocycles. The van der Waals surface area contributed by atoms with E-state index < -0.39 is 10.0 Å². The van der Waals surface area contributed by atoms with Gasteiger partial charge in [-0.2, -0.15) is 0 Å². The molecule has 2 rings (SSSR count). The van der Waals surface area contributed by atoms with Crippen LogP contribution in [0, 0.1) is 0 Å². The molecule has 0 aliphatic rings. The first-order valence-corrected chi connectivity index (χ1v) is 10.3. The van der Waals surface area contributed by atoms with Gasteiger partial charge in [0.1, 0.15) is 18.1 Å². The number of sulfonamides is 1. The summed E-state index contributed by atoms with van der Waals surface area (Å²) in [5, 5.41) is 2.79. The van der Waals surface area contributed by atoms with Crippen molar-refractivity contribution in [1.29, 1.82) is 0 Å². The van der Waals surface area contributed by atoms with E-state index >= 15 is 0 Å². The van der Waals surface area contributed by atoms with Crippen LogP contribution in [0.15, 0.2) is 53.4 Å². The van der Waals surface area contributed by atoms with E-state index in [2.05, 4.69) is 5.32 Å². The number of aryl methyl sites for hydroxylation is 1. The molecule has 1 N–H and O–H groups in total. The summed E-state index contributed by atoms with van der Waals surface area (Å²) in [6.45, 7) is 0.759. The minimum Gasteiger partial charge on any atom is -0.496 e. The van der Waals surface area contributed by atoms with E-state index in [4.69, 9.17) is 9.47 Å². The summed E-state index contributed by atoms with van der Waals surface area (Å²) < 4.78 is 36.6. The summed E-state index contributed by atoms with van der Waals surface area (Å²) in [5.41, 5.74) is 0.668. The van der Waals surface area contributed by atoms with E-state index in [-0.39, 0.29) is 17.2 Å². The van der Waals surface area contributed by atoms with Crippen molar-refractivity contribution in [2.24, 2.45) is 0 Å². The van der Waals surface area contributed by atoms with Crippen molar-refractivity contribution >= 4 is 15.9 Å². The number of methoxy groups -OCH3 is 1.